The first-order chi connectivity index (χ1) is 13.9. The van der Waals surface area contributed by atoms with Gasteiger partial charge in [-0.3, -0.25) is 0 Å². The fourth-order valence-electron chi connectivity index (χ4n) is 3.48. The van der Waals surface area contributed by atoms with Gasteiger partial charge in [-0.25, -0.2) is 0 Å². The molecule has 0 radical (unpaired) electrons. The number of hydrogen-bond donors (Lipinski definition) is 0. The molecule has 0 heterocycles. The molecule has 33 heavy (non-hydrogen) atoms. The van der Waals surface area contributed by atoms with Crippen LogP contribution in [0.1, 0.15) is 69.2 Å². The molecule has 0 aromatic heterocycles. The minimum absolute atomic E-state index is 0.196. The Morgan fingerprint density at radius 2 is 0.727 bits per heavy atom. The molecular formula is C20H30BCoF10P-2. The van der Waals surface area contributed by atoms with Gasteiger partial charge in [0.15, 0.2) is 0 Å². The van der Waals surface area contributed by atoms with Crippen molar-refractivity contribution in [2.75, 3.05) is 0 Å². The maximum absolute atomic E-state index is 10.7. The third-order valence-electron chi connectivity index (χ3n) is 5.96. The molecule has 0 aliphatic heterocycles. The number of halogens is 10. The Hall–Kier alpha value is -0.739. The fourth-order valence-corrected chi connectivity index (χ4v) is 5.56. The number of allylic oxidation sites excluding steroid dienone is 8. The summed E-state index contributed by atoms with van der Waals surface area (Å²) in [6.07, 6.45) is 0. The molecule has 0 spiro atoms. The van der Waals surface area contributed by atoms with Crippen LogP contribution in [0.5, 0.6) is 0 Å². The van der Waals surface area contributed by atoms with E-state index >= 15 is 0 Å². The van der Waals surface area contributed by atoms with Crippen LogP contribution in [-0.2, 0) is 14.7 Å². The van der Waals surface area contributed by atoms with E-state index in [1.54, 1.807) is 9.02 Å². The van der Waals surface area contributed by atoms with Gasteiger partial charge in [0.2, 0.25) is 0 Å². The Kier molecular flexibility index (Phi) is 8.54. The molecule has 0 unspecified atom stereocenters. The summed E-state index contributed by atoms with van der Waals surface area (Å²) in [6, 6.07) is 0. The van der Waals surface area contributed by atoms with Crippen LogP contribution in [0, 0.1) is 10.8 Å². The second-order valence-corrected chi connectivity index (χ2v) is 12.3. The van der Waals surface area contributed by atoms with Crippen LogP contribution in [0.15, 0.2) is 42.5 Å². The van der Waals surface area contributed by atoms with E-state index in [-0.39, 0.29) is 10.8 Å². The van der Waals surface area contributed by atoms with Gasteiger partial charge in [0.05, 0.1) is 0 Å². The fraction of sp³-hybridized carbons (Fsp3) is 0.600. The summed E-state index contributed by atoms with van der Waals surface area (Å²) in [7, 11) is -16.7. The van der Waals surface area contributed by atoms with Crippen molar-refractivity contribution in [3.05, 3.63) is 42.5 Å². The molecule has 0 nitrogen and oxygen atoms in total. The van der Waals surface area contributed by atoms with Crippen LogP contribution in [0.4, 0.5) is 42.4 Å². The zero-order chi connectivity index (χ0) is 27.2. The normalized spacial score (nSPS) is 22.7. The van der Waals surface area contributed by atoms with Crippen molar-refractivity contribution < 1.29 is 57.1 Å². The third-order valence-corrected chi connectivity index (χ3v) is 8.56. The van der Waals surface area contributed by atoms with E-state index < -0.39 is 15.1 Å². The third kappa shape index (κ3) is 10.2. The van der Waals surface area contributed by atoms with Crippen LogP contribution >= 0.6 is 7.81 Å². The average molecular weight is 561 g/mol. The second kappa shape index (κ2) is 8.73. The summed E-state index contributed by atoms with van der Waals surface area (Å²) in [5.74, 6) is 0. The van der Waals surface area contributed by atoms with Gasteiger partial charge < -0.3 is 17.3 Å². The summed E-state index contributed by atoms with van der Waals surface area (Å²) in [5, 5.41) is 0. The van der Waals surface area contributed by atoms with Crippen molar-refractivity contribution in [1.29, 1.82) is 0 Å². The minimum atomic E-state index is -10.7. The second-order valence-electron chi connectivity index (χ2n) is 9.12. The van der Waals surface area contributed by atoms with Crippen molar-refractivity contribution in [1.82, 2.24) is 0 Å². The first-order valence-corrected chi connectivity index (χ1v) is 12.8. The SMILES string of the molecule is CC1=C(C)C(C)(C)[C]([Co][C]2=C(C)C(C)=C(C)C2(C)C)=C1C.F[B-](F)(F)F.F[P-](F)(F)(F)(F)F. The molecule has 0 N–H and O–H groups in total. The molecular weight excluding hydrogens is 531 g/mol. The molecule has 2 rings (SSSR count). The van der Waals surface area contributed by atoms with Crippen LogP contribution in [0.2, 0.25) is 0 Å². The van der Waals surface area contributed by atoms with Crippen molar-refractivity contribution >= 4 is 15.1 Å². The van der Waals surface area contributed by atoms with Crippen molar-refractivity contribution in [3.8, 4) is 0 Å². The molecule has 199 valence electrons. The average Bonchev–Trinajstić information content (AvgIpc) is 2.75. The first-order valence-electron chi connectivity index (χ1n) is 9.72. The van der Waals surface area contributed by atoms with Crippen LogP contribution in [0.25, 0.3) is 0 Å². The predicted molar refractivity (Wildman–Crippen MR) is 113 cm³/mol. The van der Waals surface area contributed by atoms with Crippen molar-refractivity contribution in [3.63, 3.8) is 0 Å². The molecule has 2 aliphatic carbocycles. The van der Waals surface area contributed by atoms with Crippen molar-refractivity contribution in [2.24, 2.45) is 10.8 Å². The summed E-state index contributed by atoms with van der Waals surface area (Å²) >= 11 is 1.47. The molecule has 0 amide bonds. The monoisotopic (exact) mass is 561 g/mol. The molecule has 0 bridgehead atoms. The summed E-state index contributed by atoms with van der Waals surface area (Å²) in [4.78, 5) is 0. The van der Waals surface area contributed by atoms with E-state index in [1.807, 2.05) is 0 Å². The molecule has 0 aromatic carbocycles. The molecule has 0 fully saturated rings. The Morgan fingerprint density at radius 1 is 0.545 bits per heavy atom. The van der Waals surface area contributed by atoms with E-state index in [9.17, 15) is 42.4 Å². The predicted octanol–water partition coefficient (Wildman–Crippen LogP) is 11.1. The van der Waals surface area contributed by atoms with Crippen LogP contribution in [0.3, 0.4) is 0 Å². The Bertz CT molecular complexity index is 857. The molecule has 0 saturated heterocycles. The van der Waals surface area contributed by atoms with Gasteiger partial charge in [0, 0.05) is 0 Å². The molecule has 13 heteroatoms. The van der Waals surface area contributed by atoms with Gasteiger partial charge >= 0.3 is 177 Å². The van der Waals surface area contributed by atoms with Gasteiger partial charge in [-0.15, -0.1) is 0 Å². The molecule has 2 aliphatic rings. The quantitative estimate of drug-likeness (QED) is 0.179. The number of rotatable bonds is 2. The standard InChI is InChI=1S/2C10H15.BF4.Co.F6P/c2*1-7-6-10(4,5)9(3)8(7)2;2-1(3,4)5;;1-7(2,3,4,5)6/h2*1-5H3;;;/q;;-1;;-1. The first kappa shape index (κ1) is 32.3. The van der Waals surface area contributed by atoms with E-state index in [0.717, 1.165) is 0 Å². The van der Waals surface area contributed by atoms with E-state index in [0.29, 0.717) is 0 Å². The zero-order valence-electron chi connectivity index (χ0n) is 20.1. The Morgan fingerprint density at radius 3 is 0.848 bits per heavy atom. The summed E-state index contributed by atoms with van der Waals surface area (Å²) < 4.78 is 101. The van der Waals surface area contributed by atoms with Gasteiger partial charge in [-0.2, -0.15) is 0 Å². The van der Waals surface area contributed by atoms with Gasteiger partial charge in [-0.05, 0) is 0 Å². The summed E-state index contributed by atoms with van der Waals surface area (Å²) in [5.41, 5.74) is 9.49. The molecule has 0 aromatic rings. The zero-order valence-corrected chi connectivity index (χ0v) is 22.1. The maximum atomic E-state index is 9.87. The van der Waals surface area contributed by atoms with Crippen molar-refractivity contribution in [2.45, 2.75) is 69.2 Å². The number of hydrogen-bond acceptors (Lipinski definition) is 0. The van der Waals surface area contributed by atoms with Gasteiger partial charge in [0.1, 0.15) is 0 Å². The van der Waals surface area contributed by atoms with Gasteiger partial charge in [0.25, 0.3) is 0 Å². The van der Waals surface area contributed by atoms with Gasteiger partial charge in [-0.1, -0.05) is 0 Å². The van der Waals surface area contributed by atoms with E-state index in [2.05, 4.69) is 69.2 Å². The Labute approximate surface area is 195 Å². The van der Waals surface area contributed by atoms with E-state index in [4.69, 9.17) is 0 Å². The van der Waals surface area contributed by atoms with E-state index in [1.165, 1.54) is 48.1 Å². The molecule has 0 saturated carbocycles. The van der Waals surface area contributed by atoms with Crippen LogP contribution in [-0.4, -0.2) is 7.25 Å². The topological polar surface area (TPSA) is 0 Å². The Balaban J connectivity index is 0.000000706. The summed E-state index contributed by atoms with van der Waals surface area (Å²) in [6.45, 7) is 23.3. The van der Waals surface area contributed by atoms with Crippen LogP contribution < -0.4 is 0 Å². The molecule has 0 atom stereocenters.